The molecule has 0 amide bonds. The van der Waals surface area contributed by atoms with Gasteiger partial charge in [0.05, 0.1) is 0 Å². The number of hydrogen-bond donors (Lipinski definition) is 0. The lowest BCUT2D eigenvalue weighted by atomic mass is 9.59. The molecule has 0 spiro atoms. The van der Waals surface area contributed by atoms with Gasteiger partial charge in [-0.15, -0.1) is 0 Å². The molecule has 0 bridgehead atoms. The molecule has 8 nitrogen and oxygen atoms in total. The van der Waals surface area contributed by atoms with E-state index in [1.54, 1.807) is 0 Å². The lowest BCUT2D eigenvalue weighted by molar-refractivity contribution is 0.0369. The van der Waals surface area contributed by atoms with Crippen LogP contribution in [0.5, 0.6) is 0 Å². The molecule has 0 aromatic carbocycles. The molecule has 0 radical (unpaired) electrons. The fraction of sp³-hybridized carbons (Fsp3) is 1.00. The van der Waals surface area contributed by atoms with Crippen LogP contribution in [-0.4, -0.2) is 72.8 Å². The van der Waals surface area contributed by atoms with Crippen molar-refractivity contribution in [2.45, 2.75) is 155 Å². The van der Waals surface area contributed by atoms with Crippen LogP contribution in [0.1, 0.15) is 90.9 Å². The molecule has 16 heteroatoms. The molecule has 4 rings (SSSR count). The highest BCUT2D eigenvalue weighted by Crippen LogP contribution is 2.51. The van der Waals surface area contributed by atoms with Gasteiger partial charge in [0.1, 0.15) is 0 Å². The third kappa shape index (κ3) is 12.3. The highest BCUT2D eigenvalue weighted by Gasteiger charge is 2.43. The van der Waals surface area contributed by atoms with Crippen molar-refractivity contribution in [3.63, 3.8) is 0 Å². The standard InChI is InChI=1S/C29H68O8Si8/c1-29(2,27-19-15-25(16-20-27)13-11-23-44(9)34-40(5)30-38(3)31-41(6)35-44)28-21-17-26(18-22-28)14-12-24-45(10)36-42(7)32-39(4)33-43(8)37-45/h25-28,38-43H,11-24H2,1-10H3. The summed E-state index contributed by atoms with van der Waals surface area (Å²) in [6.07, 6.45) is 16.4. The van der Waals surface area contributed by atoms with Gasteiger partial charge in [0, 0.05) is 0 Å². The van der Waals surface area contributed by atoms with Crippen molar-refractivity contribution < 1.29 is 32.9 Å². The molecule has 0 aromatic rings. The first-order valence-electron chi connectivity index (χ1n) is 18.5. The Morgan fingerprint density at radius 2 is 0.778 bits per heavy atom. The molecule has 2 aliphatic carbocycles. The van der Waals surface area contributed by atoms with Crippen LogP contribution in [0, 0.1) is 29.1 Å². The third-order valence-corrected chi connectivity index (χ3v) is 39.6. The smallest absolute Gasteiger partial charge is 0.316 e. The maximum absolute atomic E-state index is 6.53. The van der Waals surface area contributed by atoms with E-state index in [1.807, 2.05) is 0 Å². The van der Waals surface area contributed by atoms with Gasteiger partial charge < -0.3 is 32.9 Å². The second-order valence-corrected chi connectivity index (χ2v) is 36.2. The van der Waals surface area contributed by atoms with Gasteiger partial charge >= 0.3 is 17.1 Å². The van der Waals surface area contributed by atoms with Crippen LogP contribution in [0.3, 0.4) is 0 Å². The molecule has 4 unspecified atom stereocenters. The average Bonchev–Trinajstić information content (AvgIpc) is 2.91. The van der Waals surface area contributed by atoms with Crippen LogP contribution in [0.15, 0.2) is 0 Å². The Hall–Kier alpha value is 1.42. The summed E-state index contributed by atoms with van der Waals surface area (Å²) in [7, 11) is -14.1. The molecule has 2 aliphatic heterocycles. The Morgan fingerprint density at radius 1 is 0.489 bits per heavy atom. The van der Waals surface area contributed by atoms with E-state index >= 15 is 0 Å². The Kier molecular flexibility index (Phi) is 15.3. The Labute approximate surface area is 288 Å². The quantitative estimate of drug-likeness (QED) is 0.231. The Balaban J connectivity index is 1.14. The molecule has 4 fully saturated rings. The predicted octanol–water partition coefficient (Wildman–Crippen LogP) is 6.59. The van der Waals surface area contributed by atoms with E-state index in [-0.39, 0.29) is 0 Å². The van der Waals surface area contributed by atoms with Gasteiger partial charge in [0.15, 0.2) is 0 Å². The topological polar surface area (TPSA) is 73.8 Å². The lowest BCUT2D eigenvalue weighted by Crippen LogP contribution is -2.53. The summed E-state index contributed by atoms with van der Waals surface area (Å²) in [6.45, 7) is 22.6. The number of hydrogen-bond acceptors (Lipinski definition) is 8. The zero-order valence-corrected chi connectivity index (χ0v) is 39.4. The van der Waals surface area contributed by atoms with Crippen LogP contribution in [-0.2, 0) is 32.9 Å². The summed E-state index contributed by atoms with van der Waals surface area (Å²) in [4.78, 5) is 0. The molecule has 0 N–H and O–H groups in total. The van der Waals surface area contributed by atoms with Crippen molar-refractivity contribution in [1.82, 2.24) is 0 Å². The van der Waals surface area contributed by atoms with Gasteiger partial charge in [-0.05, 0) is 119 Å². The predicted molar refractivity (Wildman–Crippen MR) is 203 cm³/mol. The minimum Gasteiger partial charge on any atom is -0.420 e. The van der Waals surface area contributed by atoms with E-state index in [0.29, 0.717) is 5.41 Å². The van der Waals surface area contributed by atoms with E-state index in [9.17, 15) is 0 Å². The minimum absolute atomic E-state index is 0.460. The molecule has 2 saturated heterocycles. The van der Waals surface area contributed by atoms with E-state index in [4.69, 9.17) is 32.9 Å². The van der Waals surface area contributed by atoms with Crippen molar-refractivity contribution in [3.8, 4) is 0 Å². The van der Waals surface area contributed by atoms with Crippen molar-refractivity contribution in [1.29, 1.82) is 0 Å². The fourth-order valence-corrected chi connectivity index (χ4v) is 38.5. The van der Waals surface area contributed by atoms with Gasteiger partial charge in [0.2, 0.25) is 0 Å². The molecule has 2 saturated carbocycles. The molecule has 2 heterocycles. The SMILES string of the molecule is C[SiH]1O[SiH](C)O[Si](C)(CCCC2CCC(C(C)(C)C3CCC(CCC[Si]4(C)O[SiH](C)O[SiH](C)O[SiH](C)O4)CC3)CC2)O[SiH](C)O1. The summed E-state index contributed by atoms with van der Waals surface area (Å²) < 4.78 is 50.6. The van der Waals surface area contributed by atoms with Crippen molar-refractivity contribution in [3.05, 3.63) is 0 Å². The first kappa shape index (κ1) is 39.2. The summed E-state index contributed by atoms with van der Waals surface area (Å²) in [6, 6.07) is 2.18. The van der Waals surface area contributed by atoms with Gasteiger partial charge in [-0.1, -0.05) is 65.2 Å². The van der Waals surface area contributed by atoms with Gasteiger partial charge in [0.25, 0.3) is 55.7 Å². The van der Waals surface area contributed by atoms with Crippen LogP contribution < -0.4 is 0 Å². The highest BCUT2D eigenvalue weighted by molar-refractivity contribution is 6.81. The lowest BCUT2D eigenvalue weighted by Gasteiger charge is -2.47. The number of rotatable bonds is 10. The van der Waals surface area contributed by atoms with Crippen molar-refractivity contribution in [2.75, 3.05) is 0 Å². The second-order valence-electron chi connectivity index (χ2n) is 15.7. The van der Waals surface area contributed by atoms with Crippen LogP contribution in [0.2, 0.25) is 64.5 Å². The normalized spacial score (nSPS) is 44.4. The minimum atomic E-state index is -2.18. The van der Waals surface area contributed by atoms with Gasteiger partial charge in [-0.2, -0.15) is 0 Å². The Morgan fingerprint density at radius 3 is 1.07 bits per heavy atom. The first-order valence-corrected chi connectivity index (χ1v) is 36.1. The summed E-state index contributed by atoms with van der Waals surface area (Å²) in [5, 5.41) is 0. The monoisotopic (exact) mass is 768 g/mol. The largest absolute Gasteiger partial charge is 0.420 e. The van der Waals surface area contributed by atoms with Crippen LogP contribution in [0.4, 0.5) is 0 Å². The highest BCUT2D eigenvalue weighted by atomic mass is 28.5. The first-order chi connectivity index (χ1) is 21.1. The molecule has 45 heavy (non-hydrogen) atoms. The zero-order chi connectivity index (χ0) is 32.8. The van der Waals surface area contributed by atoms with Crippen LogP contribution >= 0.6 is 0 Å². The fourth-order valence-electron chi connectivity index (χ4n) is 9.10. The Bertz CT molecular complexity index is 796. The van der Waals surface area contributed by atoms with E-state index in [0.717, 1.165) is 35.8 Å². The molecular weight excluding hydrogens is 701 g/mol. The third-order valence-electron chi connectivity index (χ3n) is 11.5. The maximum atomic E-state index is 6.53. The molecule has 0 aromatic heterocycles. The van der Waals surface area contributed by atoms with Gasteiger partial charge in [-0.25, -0.2) is 0 Å². The van der Waals surface area contributed by atoms with E-state index in [1.165, 1.54) is 77.0 Å². The molecular formula is C29H68O8Si8. The summed E-state index contributed by atoms with van der Waals surface area (Å²) >= 11 is 0. The van der Waals surface area contributed by atoms with Crippen LogP contribution in [0.25, 0.3) is 0 Å². The van der Waals surface area contributed by atoms with Gasteiger partial charge in [-0.3, -0.25) is 0 Å². The van der Waals surface area contributed by atoms with E-state index < -0.39 is 72.8 Å². The van der Waals surface area contributed by atoms with Crippen molar-refractivity contribution >= 4 is 72.8 Å². The summed E-state index contributed by atoms with van der Waals surface area (Å²) in [5.41, 5.74) is 0.460. The van der Waals surface area contributed by atoms with Crippen molar-refractivity contribution in [2.24, 2.45) is 29.1 Å². The average molecular weight is 770 g/mol. The van der Waals surface area contributed by atoms with E-state index in [2.05, 4.69) is 66.2 Å². The summed E-state index contributed by atoms with van der Waals surface area (Å²) in [5.74, 6) is 3.51. The molecule has 264 valence electrons. The second kappa shape index (κ2) is 17.6. The molecule has 4 aliphatic rings. The zero-order valence-electron chi connectivity index (χ0n) is 30.4. The molecule has 4 atom stereocenters. The maximum Gasteiger partial charge on any atom is 0.316 e.